The van der Waals surface area contributed by atoms with E-state index < -0.39 is 15.1 Å². The van der Waals surface area contributed by atoms with Crippen molar-refractivity contribution in [1.29, 1.82) is 0 Å². The molecule has 0 saturated heterocycles. The van der Waals surface area contributed by atoms with Gasteiger partial charge in [0, 0.05) is 0 Å². The van der Waals surface area contributed by atoms with E-state index in [2.05, 4.69) is 32.3 Å². The van der Waals surface area contributed by atoms with Crippen LogP contribution in [0.4, 0.5) is 0 Å². The van der Waals surface area contributed by atoms with Crippen LogP contribution in [0.5, 0.6) is 0 Å². The third-order valence-electron chi connectivity index (χ3n) is 2.69. The molecule has 5 heteroatoms. The van der Waals surface area contributed by atoms with Crippen molar-refractivity contribution in [3.05, 3.63) is 0 Å². The highest BCUT2D eigenvalue weighted by Gasteiger charge is 2.37. The average molecular weight is 258 g/mol. The highest BCUT2D eigenvalue weighted by atomic mass is 35.6. The van der Waals surface area contributed by atoms with Crippen molar-refractivity contribution in [1.82, 2.24) is 4.65 Å². The molecule has 0 aromatic heterocycles. The maximum Gasteiger partial charge on any atom is 0.220 e. The quantitative estimate of drug-likeness (QED) is 0.560. The minimum absolute atomic E-state index is 1.06. The van der Waals surface area contributed by atoms with Crippen LogP contribution < -0.4 is 4.65 Å². The van der Waals surface area contributed by atoms with Gasteiger partial charge in [0.05, 0.1) is 0 Å². The van der Waals surface area contributed by atoms with E-state index in [4.69, 9.17) is 22.2 Å². The first-order chi connectivity index (χ1) is 5.95. The number of halogens is 2. The molecule has 0 bridgehead atoms. The Labute approximate surface area is 93.8 Å². The summed E-state index contributed by atoms with van der Waals surface area (Å²) in [5.74, 6) is 0. The predicted octanol–water partition coefficient (Wildman–Crippen LogP) is 4.02. The van der Waals surface area contributed by atoms with E-state index in [-0.39, 0.29) is 0 Å². The molecule has 0 amide bonds. The van der Waals surface area contributed by atoms with Crippen molar-refractivity contribution in [3.8, 4) is 0 Å². The summed E-state index contributed by atoms with van der Waals surface area (Å²) < 4.78 is 3.61. The van der Waals surface area contributed by atoms with Crippen LogP contribution in [-0.2, 0) is 0 Å². The molecular weight excluding hydrogens is 237 g/mol. The average Bonchev–Trinajstić information content (AvgIpc) is 2.17. The fourth-order valence-corrected chi connectivity index (χ4v) is 12.0. The largest absolute Gasteiger partial charge is 0.335 e. The second-order valence-electron chi connectivity index (χ2n) is 3.47. The van der Waals surface area contributed by atoms with Gasteiger partial charge in [0.2, 0.25) is 15.1 Å². The van der Waals surface area contributed by atoms with Gasteiger partial charge in [-0.15, -0.1) is 22.2 Å². The normalized spacial score (nSPS) is 13.4. The molecule has 0 unspecified atom stereocenters. The Bertz CT molecular complexity index is 131. The van der Waals surface area contributed by atoms with Crippen LogP contribution in [0.3, 0.4) is 0 Å². The minimum Gasteiger partial charge on any atom is -0.335 e. The first kappa shape index (κ1) is 14.0. The highest BCUT2D eigenvalue weighted by Crippen LogP contribution is 2.25. The second kappa shape index (κ2) is 5.76. The zero-order valence-electron chi connectivity index (χ0n) is 9.08. The minimum atomic E-state index is -1.72. The zero-order chi connectivity index (χ0) is 10.5. The van der Waals surface area contributed by atoms with Crippen LogP contribution >= 0.6 is 22.2 Å². The lowest BCUT2D eigenvalue weighted by molar-refractivity contribution is 1.14. The van der Waals surface area contributed by atoms with E-state index in [1.54, 1.807) is 0 Å². The van der Waals surface area contributed by atoms with Gasteiger partial charge in [-0.1, -0.05) is 27.7 Å². The van der Waals surface area contributed by atoms with Crippen molar-refractivity contribution in [2.45, 2.75) is 51.9 Å². The Morgan fingerprint density at radius 2 is 1.00 bits per heavy atom. The molecule has 0 atom stereocenters. The molecule has 1 N–H and O–H groups in total. The summed E-state index contributed by atoms with van der Waals surface area (Å²) in [5.41, 5.74) is 0. The van der Waals surface area contributed by atoms with E-state index in [0.717, 1.165) is 24.2 Å². The van der Waals surface area contributed by atoms with Gasteiger partial charge in [-0.3, -0.25) is 0 Å². The molecule has 0 radical (unpaired) electrons. The monoisotopic (exact) mass is 257 g/mol. The Morgan fingerprint density at radius 1 is 0.769 bits per heavy atom. The molecule has 0 heterocycles. The first-order valence-corrected chi connectivity index (χ1v) is 12.0. The van der Waals surface area contributed by atoms with E-state index in [1.165, 1.54) is 0 Å². The fraction of sp³-hybridized carbons (Fsp3) is 1.00. The summed E-state index contributed by atoms with van der Waals surface area (Å²) in [6.07, 6.45) is 0. The molecule has 0 aliphatic rings. The van der Waals surface area contributed by atoms with Crippen molar-refractivity contribution < 1.29 is 0 Å². The lowest BCUT2D eigenvalue weighted by Crippen LogP contribution is -2.58. The van der Waals surface area contributed by atoms with Crippen molar-refractivity contribution in [2.24, 2.45) is 0 Å². The molecular formula is C8H21Cl2NSi2. The van der Waals surface area contributed by atoms with Crippen molar-refractivity contribution in [2.75, 3.05) is 0 Å². The fourth-order valence-electron chi connectivity index (χ4n) is 1.26. The molecule has 0 spiro atoms. The molecule has 13 heavy (non-hydrogen) atoms. The summed E-state index contributed by atoms with van der Waals surface area (Å²) in [4.78, 5) is 0. The summed E-state index contributed by atoms with van der Waals surface area (Å²) in [7, 11) is -3.45. The van der Waals surface area contributed by atoms with Gasteiger partial charge in [-0.25, -0.2) is 0 Å². The first-order valence-electron chi connectivity index (χ1n) is 5.12. The summed E-state index contributed by atoms with van der Waals surface area (Å²) >= 11 is 13.1. The standard InChI is InChI=1S/C8H21Cl2NSi2/c1-5-12(9,6-2)11-13(10,7-3)8-4/h11H,5-8H2,1-4H3. The van der Waals surface area contributed by atoms with Gasteiger partial charge in [0.15, 0.2) is 0 Å². The van der Waals surface area contributed by atoms with Crippen molar-refractivity contribution >= 4 is 37.2 Å². The van der Waals surface area contributed by atoms with Crippen LogP contribution in [0.1, 0.15) is 27.7 Å². The van der Waals surface area contributed by atoms with Gasteiger partial charge in [0.25, 0.3) is 0 Å². The Balaban J connectivity index is 4.36. The molecule has 0 rings (SSSR count). The van der Waals surface area contributed by atoms with E-state index >= 15 is 0 Å². The van der Waals surface area contributed by atoms with E-state index in [1.807, 2.05) is 0 Å². The zero-order valence-corrected chi connectivity index (χ0v) is 12.6. The highest BCUT2D eigenvalue weighted by molar-refractivity contribution is 7.30. The molecule has 80 valence electrons. The van der Waals surface area contributed by atoms with Crippen LogP contribution in [0.25, 0.3) is 0 Å². The van der Waals surface area contributed by atoms with Crippen LogP contribution in [0.2, 0.25) is 24.2 Å². The van der Waals surface area contributed by atoms with Gasteiger partial charge >= 0.3 is 0 Å². The molecule has 0 fully saturated rings. The molecule has 0 aromatic carbocycles. The van der Waals surface area contributed by atoms with Gasteiger partial charge in [-0.2, -0.15) is 0 Å². The third kappa shape index (κ3) is 4.34. The number of nitrogens with one attached hydrogen (secondary N) is 1. The van der Waals surface area contributed by atoms with Gasteiger partial charge in [-0.05, 0) is 24.2 Å². The molecule has 0 aliphatic heterocycles. The third-order valence-corrected chi connectivity index (χ3v) is 15.7. The van der Waals surface area contributed by atoms with Crippen LogP contribution in [-0.4, -0.2) is 15.1 Å². The van der Waals surface area contributed by atoms with Crippen LogP contribution in [0.15, 0.2) is 0 Å². The van der Waals surface area contributed by atoms with E-state index in [0.29, 0.717) is 0 Å². The predicted molar refractivity (Wildman–Crippen MR) is 68.3 cm³/mol. The molecule has 0 saturated carbocycles. The Kier molecular flexibility index (Phi) is 6.19. The maximum absolute atomic E-state index is 6.53. The number of hydrogen-bond donors (Lipinski definition) is 1. The smallest absolute Gasteiger partial charge is 0.220 e. The summed E-state index contributed by atoms with van der Waals surface area (Å²) in [5, 5.41) is 0. The van der Waals surface area contributed by atoms with Crippen LogP contribution in [0, 0.1) is 0 Å². The topological polar surface area (TPSA) is 12.0 Å². The lowest BCUT2D eigenvalue weighted by atomic mass is 10.9. The molecule has 0 aromatic rings. The molecule has 0 aliphatic carbocycles. The second-order valence-corrected chi connectivity index (χ2v) is 15.5. The molecule has 1 nitrogen and oxygen atoms in total. The number of hydrogen-bond acceptors (Lipinski definition) is 1. The Hall–Kier alpha value is 0.974. The van der Waals surface area contributed by atoms with E-state index in [9.17, 15) is 0 Å². The maximum atomic E-state index is 6.53. The summed E-state index contributed by atoms with van der Waals surface area (Å²) in [6, 6.07) is 4.25. The Morgan fingerprint density at radius 3 is 1.15 bits per heavy atom. The van der Waals surface area contributed by atoms with Crippen molar-refractivity contribution in [3.63, 3.8) is 0 Å². The SMILES string of the molecule is CC[Si](Cl)(CC)N[Si](Cl)(CC)CC. The number of rotatable bonds is 6. The summed E-state index contributed by atoms with van der Waals surface area (Å²) in [6.45, 7) is 8.64. The van der Waals surface area contributed by atoms with Gasteiger partial charge < -0.3 is 4.65 Å². The lowest BCUT2D eigenvalue weighted by Gasteiger charge is -2.32. The van der Waals surface area contributed by atoms with Gasteiger partial charge in [0.1, 0.15) is 0 Å².